The standard InChI is InChI=1S/C25H33FO3/c1-24(2,3)29-23(27)20-9-19(18-4-5-18)22(10-21(20)26)28-14-25-11-15-6-16(12-25)8-17(7-15)13-25/h9-10,15-18H,4-8,11-14H2,1-3H3. The van der Waals surface area contributed by atoms with E-state index in [1.807, 2.05) is 0 Å². The maximum absolute atomic E-state index is 14.8. The number of benzene rings is 1. The summed E-state index contributed by atoms with van der Waals surface area (Å²) in [5.41, 5.74) is 0.660. The number of rotatable bonds is 5. The minimum Gasteiger partial charge on any atom is -0.493 e. The van der Waals surface area contributed by atoms with Crippen molar-refractivity contribution < 1.29 is 18.7 Å². The number of esters is 1. The van der Waals surface area contributed by atoms with Crippen molar-refractivity contribution in [3.8, 4) is 5.75 Å². The van der Waals surface area contributed by atoms with Gasteiger partial charge in [0, 0.05) is 11.5 Å². The molecule has 1 aromatic rings. The van der Waals surface area contributed by atoms with Gasteiger partial charge in [0.2, 0.25) is 0 Å². The fourth-order valence-corrected chi connectivity index (χ4v) is 6.60. The Hall–Kier alpha value is -1.58. The predicted octanol–water partition coefficient (Wildman–Crippen LogP) is 6.25. The third-order valence-corrected chi connectivity index (χ3v) is 7.43. The highest BCUT2D eigenvalue weighted by atomic mass is 19.1. The van der Waals surface area contributed by atoms with E-state index >= 15 is 0 Å². The summed E-state index contributed by atoms with van der Waals surface area (Å²) in [7, 11) is 0. The first kappa shape index (κ1) is 19.4. The van der Waals surface area contributed by atoms with E-state index in [9.17, 15) is 9.18 Å². The Kier molecular flexibility index (Phi) is 4.49. The van der Waals surface area contributed by atoms with Gasteiger partial charge in [-0.1, -0.05) is 0 Å². The van der Waals surface area contributed by atoms with E-state index in [2.05, 4.69) is 0 Å². The van der Waals surface area contributed by atoms with Gasteiger partial charge in [0.1, 0.15) is 17.2 Å². The lowest BCUT2D eigenvalue weighted by molar-refractivity contribution is -0.0747. The van der Waals surface area contributed by atoms with Crippen molar-refractivity contribution in [1.29, 1.82) is 0 Å². The molecule has 1 aromatic carbocycles. The van der Waals surface area contributed by atoms with E-state index < -0.39 is 17.4 Å². The van der Waals surface area contributed by atoms with Crippen molar-refractivity contribution in [2.45, 2.75) is 83.7 Å². The fourth-order valence-electron chi connectivity index (χ4n) is 6.60. The van der Waals surface area contributed by atoms with Crippen LogP contribution in [0.1, 0.15) is 94.0 Å². The number of hydrogen-bond acceptors (Lipinski definition) is 3. The normalized spacial score (nSPS) is 33.0. The lowest BCUT2D eigenvalue weighted by Gasteiger charge is -2.56. The maximum atomic E-state index is 14.8. The highest BCUT2D eigenvalue weighted by molar-refractivity contribution is 5.90. The fraction of sp³-hybridized carbons (Fsp3) is 0.720. The van der Waals surface area contributed by atoms with Crippen molar-refractivity contribution in [3.05, 3.63) is 29.1 Å². The molecule has 4 bridgehead atoms. The molecule has 5 aliphatic rings. The molecule has 0 N–H and O–H groups in total. The van der Waals surface area contributed by atoms with E-state index in [4.69, 9.17) is 9.47 Å². The Morgan fingerprint density at radius 3 is 2.17 bits per heavy atom. The van der Waals surface area contributed by atoms with Crippen LogP contribution in [0, 0.1) is 29.0 Å². The Labute approximate surface area is 173 Å². The van der Waals surface area contributed by atoms with Crippen LogP contribution in [0.4, 0.5) is 4.39 Å². The molecule has 5 saturated carbocycles. The smallest absolute Gasteiger partial charge is 0.341 e. The van der Waals surface area contributed by atoms with Crippen LogP contribution in [-0.4, -0.2) is 18.2 Å². The molecule has 5 fully saturated rings. The molecule has 0 amide bonds. The van der Waals surface area contributed by atoms with Crippen LogP contribution in [0.2, 0.25) is 0 Å². The van der Waals surface area contributed by atoms with Crippen LogP contribution in [-0.2, 0) is 4.74 Å². The number of hydrogen-bond donors (Lipinski definition) is 0. The lowest BCUT2D eigenvalue weighted by atomic mass is 9.50. The van der Waals surface area contributed by atoms with Gasteiger partial charge in [-0.25, -0.2) is 9.18 Å². The quantitative estimate of drug-likeness (QED) is 0.548. The van der Waals surface area contributed by atoms with Gasteiger partial charge in [0.25, 0.3) is 0 Å². The van der Waals surface area contributed by atoms with Gasteiger partial charge in [-0.05, 0) is 107 Å². The predicted molar refractivity (Wildman–Crippen MR) is 110 cm³/mol. The van der Waals surface area contributed by atoms with Crippen molar-refractivity contribution in [2.75, 3.05) is 6.61 Å². The van der Waals surface area contributed by atoms with Gasteiger partial charge in [-0.15, -0.1) is 0 Å². The number of carbonyl (C=O) groups is 1. The van der Waals surface area contributed by atoms with Gasteiger partial charge in [-0.3, -0.25) is 0 Å². The van der Waals surface area contributed by atoms with E-state index in [-0.39, 0.29) is 11.0 Å². The summed E-state index contributed by atoms with van der Waals surface area (Å²) < 4.78 is 26.6. The van der Waals surface area contributed by atoms with Crippen molar-refractivity contribution in [3.63, 3.8) is 0 Å². The average molecular weight is 401 g/mol. The van der Waals surface area contributed by atoms with Crippen LogP contribution < -0.4 is 4.74 Å². The summed E-state index contributed by atoms with van der Waals surface area (Å²) in [4.78, 5) is 12.5. The second kappa shape index (κ2) is 6.72. The second-order valence-electron chi connectivity index (χ2n) is 11.4. The van der Waals surface area contributed by atoms with Gasteiger partial charge < -0.3 is 9.47 Å². The van der Waals surface area contributed by atoms with Crippen LogP contribution in [0.3, 0.4) is 0 Å². The molecule has 4 heteroatoms. The SMILES string of the molecule is CC(C)(C)OC(=O)c1cc(C2CC2)c(OCC23CC4CC(CC(C4)C2)C3)cc1F. The van der Waals surface area contributed by atoms with Crippen LogP contribution in [0.15, 0.2) is 12.1 Å². The Bertz CT molecular complexity index is 783. The van der Waals surface area contributed by atoms with E-state index in [0.29, 0.717) is 18.3 Å². The zero-order chi connectivity index (χ0) is 20.4. The first-order chi connectivity index (χ1) is 13.7. The molecule has 3 nitrogen and oxygen atoms in total. The number of carbonyl (C=O) groups excluding carboxylic acids is 1. The minimum absolute atomic E-state index is 0.0315. The van der Waals surface area contributed by atoms with Gasteiger partial charge in [-0.2, -0.15) is 0 Å². The zero-order valence-electron chi connectivity index (χ0n) is 17.9. The van der Waals surface area contributed by atoms with E-state index in [0.717, 1.165) is 36.2 Å². The van der Waals surface area contributed by atoms with Gasteiger partial charge in [0.05, 0.1) is 12.2 Å². The molecule has 0 aromatic heterocycles. The number of halogens is 1. The van der Waals surface area contributed by atoms with Crippen LogP contribution in [0.25, 0.3) is 0 Å². The van der Waals surface area contributed by atoms with E-state index in [1.165, 1.54) is 44.6 Å². The summed E-state index contributed by atoms with van der Waals surface area (Å²) >= 11 is 0. The second-order valence-corrected chi connectivity index (χ2v) is 11.4. The van der Waals surface area contributed by atoms with Gasteiger partial charge in [0.15, 0.2) is 0 Å². The molecule has 0 heterocycles. The Morgan fingerprint density at radius 2 is 1.66 bits per heavy atom. The zero-order valence-corrected chi connectivity index (χ0v) is 17.9. The van der Waals surface area contributed by atoms with Crippen molar-refractivity contribution in [1.82, 2.24) is 0 Å². The van der Waals surface area contributed by atoms with Crippen LogP contribution >= 0.6 is 0 Å². The van der Waals surface area contributed by atoms with Crippen molar-refractivity contribution >= 4 is 5.97 Å². The van der Waals surface area contributed by atoms with Gasteiger partial charge >= 0.3 is 5.97 Å². The average Bonchev–Trinajstić information content (AvgIpc) is 3.42. The largest absolute Gasteiger partial charge is 0.493 e. The molecule has 6 rings (SSSR count). The summed E-state index contributed by atoms with van der Waals surface area (Å²) in [6.45, 7) is 6.09. The first-order valence-electron chi connectivity index (χ1n) is 11.4. The highest BCUT2D eigenvalue weighted by Gasteiger charge is 2.51. The molecule has 0 aliphatic heterocycles. The summed E-state index contributed by atoms with van der Waals surface area (Å²) in [6.07, 6.45) is 10.2. The highest BCUT2D eigenvalue weighted by Crippen LogP contribution is 2.60. The molecule has 5 aliphatic carbocycles. The lowest BCUT2D eigenvalue weighted by Crippen LogP contribution is -2.48. The molecule has 0 atom stereocenters. The molecule has 0 unspecified atom stereocenters. The van der Waals surface area contributed by atoms with Crippen molar-refractivity contribution in [2.24, 2.45) is 23.2 Å². The Balaban J connectivity index is 1.36. The Morgan fingerprint density at radius 1 is 1.07 bits per heavy atom. The minimum atomic E-state index is -0.642. The molecule has 158 valence electrons. The number of ether oxygens (including phenoxy) is 2. The van der Waals surface area contributed by atoms with Crippen LogP contribution in [0.5, 0.6) is 5.75 Å². The molecule has 0 saturated heterocycles. The summed E-state index contributed by atoms with van der Waals surface area (Å²) in [5, 5.41) is 0. The first-order valence-corrected chi connectivity index (χ1v) is 11.4. The topological polar surface area (TPSA) is 35.5 Å². The van der Waals surface area contributed by atoms with E-state index in [1.54, 1.807) is 26.8 Å². The molecule has 0 spiro atoms. The molecular formula is C25H33FO3. The third-order valence-electron chi connectivity index (χ3n) is 7.43. The molecule has 0 radical (unpaired) electrons. The maximum Gasteiger partial charge on any atom is 0.341 e. The molecular weight excluding hydrogens is 367 g/mol. The summed E-state index contributed by atoms with van der Waals surface area (Å²) in [6, 6.07) is 3.13. The molecule has 29 heavy (non-hydrogen) atoms. The third kappa shape index (κ3) is 3.92. The summed E-state index contributed by atoms with van der Waals surface area (Å²) in [5.74, 6) is 2.52. The monoisotopic (exact) mass is 400 g/mol.